The molecule has 1 aliphatic rings. The number of hydrogen-bond donors (Lipinski definition) is 3. The SMILES string of the molecule is Oc1ccccc1C1(O)CCCNC1. The lowest BCUT2D eigenvalue weighted by Gasteiger charge is -2.33. The van der Waals surface area contributed by atoms with Crippen LogP contribution >= 0.6 is 0 Å². The summed E-state index contributed by atoms with van der Waals surface area (Å²) in [6.45, 7) is 1.46. The maximum atomic E-state index is 10.3. The van der Waals surface area contributed by atoms with Crippen LogP contribution in [-0.4, -0.2) is 23.3 Å². The van der Waals surface area contributed by atoms with Gasteiger partial charge in [0, 0.05) is 12.1 Å². The number of rotatable bonds is 1. The molecule has 0 aliphatic carbocycles. The molecule has 0 saturated carbocycles. The molecule has 1 atom stereocenters. The average molecular weight is 193 g/mol. The van der Waals surface area contributed by atoms with Gasteiger partial charge in [0.2, 0.25) is 0 Å². The third-order valence-electron chi connectivity index (χ3n) is 2.77. The normalized spacial score (nSPS) is 27.5. The number of benzene rings is 1. The van der Waals surface area contributed by atoms with Crippen molar-refractivity contribution in [3.8, 4) is 5.75 Å². The van der Waals surface area contributed by atoms with Crippen LogP contribution in [0.25, 0.3) is 0 Å². The Morgan fingerprint density at radius 3 is 2.71 bits per heavy atom. The summed E-state index contributed by atoms with van der Waals surface area (Å²) < 4.78 is 0. The Hall–Kier alpha value is -1.06. The lowest BCUT2D eigenvalue weighted by Crippen LogP contribution is -2.43. The first-order chi connectivity index (χ1) is 6.72. The molecule has 0 aromatic heterocycles. The molecule has 0 radical (unpaired) electrons. The fraction of sp³-hybridized carbons (Fsp3) is 0.455. The first kappa shape index (κ1) is 9.49. The van der Waals surface area contributed by atoms with Gasteiger partial charge in [-0.05, 0) is 25.5 Å². The van der Waals surface area contributed by atoms with Crippen LogP contribution in [0.4, 0.5) is 0 Å². The lowest BCUT2D eigenvalue weighted by molar-refractivity contribution is 0.0103. The van der Waals surface area contributed by atoms with Gasteiger partial charge in [0.05, 0.1) is 0 Å². The van der Waals surface area contributed by atoms with E-state index in [1.165, 1.54) is 0 Å². The monoisotopic (exact) mass is 193 g/mol. The number of phenols is 1. The standard InChI is InChI=1S/C11H15NO2/c13-10-5-2-1-4-9(10)11(14)6-3-7-12-8-11/h1-2,4-5,12-14H,3,6-8H2. The molecular weight excluding hydrogens is 178 g/mol. The van der Waals surface area contributed by atoms with E-state index in [1.54, 1.807) is 18.2 Å². The molecule has 0 spiro atoms. The minimum atomic E-state index is -0.899. The van der Waals surface area contributed by atoms with Crippen molar-refractivity contribution in [2.45, 2.75) is 18.4 Å². The van der Waals surface area contributed by atoms with Gasteiger partial charge in [-0.2, -0.15) is 0 Å². The highest BCUT2D eigenvalue weighted by Crippen LogP contribution is 2.33. The van der Waals surface area contributed by atoms with Crippen molar-refractivity contribution in [3.63, 3.8) is 0 Å². The summed E-state index contributed by atoms with van der Waals surface area (Å²) in [5, 5.41) is 23.1. The zero-order valence-corrected chi connectivity index (χ0v) is 8.03. The number of aromatic hydroxyl groups is 1. The van der Waals surface area contributed by atoms with Crippen LogP contribution in [0.2, 0.25) is 0 Å². The Kier molecular flexibility index (Phi) is 2.44. The third kappa shape index (κ3) is 1.61. The van der Waals surface area contributed by atoms with E-state index in [0.717, 1.165) is 13.0 Å². The van der Waals surface area contributed by atoms with Crippen molar-refractivity contribution in [3.05, 3.63) is 29.8 Å². The van der Waals surface area contributed by atoms with Crippen molar-refractivity contribution in [1.82, 2.24) is 5.32 Å². The Balaban J connectivity index is 2.32. The number of piperidine rings is 1. The number of hydrogen-bond acceptors (Lipinski definition) is 3. The summed E-state index contributed by atoms with van der Waals surface area (Å²) in [5.74, 6) is 0.179. The highest BCUT2D eigenvalue weighted by molar-refractivity contribution is 5.37. The molecule has 3 heteroatoms. The summed E-state index contributed by atoms with van der Waals surface area (Å²) in [4.78, 5) is 0. The van der Waals surface area contributed by atoms with Crippen LogP contribution in [0.3, 0.4) is 0 Å². The van der Waals surface area contributed by atoms with E-state index in [9.17, 15) is 10.2 Å². The second kappa shape index (κ2) is 3.59. The van der Waals surface area contributed by atoms with E-state index in [1.807, 2.05) is 6.07 Å². The van der Waals surface area contributed by atoms with Crippen molar-refractivity contribution in [2.75, 3.05) is 13.1 Å². The van der Waals surface area contributed by atoms with Gasteiger partial charge < -0.3 is 15.5 Å². The van der Waals surface area contributed by atoms with Crippen LogP contribution in [0.1, 0.15) is 18.4 Å². The van der Waals surface area contributed by atoms with Crippen molar-refractivity contribution in [2.24, 2.45) is 0 Å². The second-order valence-electron chi connectivity index (χ2n) is 3.83. The van der Waals surface area contributed by atoms with E-state index >= 15 is 0 Å². The van der Waals surface area contributed by atoms with Crippen LogP contribution < -0.4 is 5.32 Å². The molecule has 3 nitrogen and oxygen atoms in total. The molecule has 3 N–H and O–H groups in total. The molecule has 0 amide bonds. The summed E-state index contributed by atoms with van der Waals surface area (Å²) in [6, 6.07) is 6.99. The minimum absolute atomic E-state index is 0.179. The Labute approximate surface area is 83.4 Å². The minimum Gasteiger partial charge on any atom is -0.508 e. The zero-order valence-electron chi connectivity index (χ0n) is 8.03. The molecular formula is C11H15NO2. The molecule has 76 valence electrons. The molecule has 1 fully saturated rings. The Morgan fingerprint density at radius 1 is 1.29 bits per heavy atom. The largest absolute Gasteiger partial charge is 0.508 e. The highest BCUT2D eigenvalue weighted by atomic mass is 16.3. The summed E-state index contributed by atoms with van der Waals surface area (Å²) in [6.07, 6.45) is 1.64. The van der Waals surface area contributed by atoms with Gasteiger partial charge in [0.25, 0.3) is 0 Å². The number of phenolic OH excluding ortho intramolecular Hbond substituents is 1. The van der Waals surface area contributed by atoms with E-state index in [4.69, 9.17) is 0 Å². The number of nitrogens with one attached hydrogen (secondary N) is 1. The van der Waals surface area contributed by atoms with Crippen LogP contribution in [0.5, 0.6) is 5.75 Å². The molecule has 1 heterocycles. The van der Waals surface area contributed by atoms with E-state index in [2.05, 4.69) is 5.32 Å². The van der Waals surface area contributed by atoms with Gasteiger partial charge in [-0.15, -0.1) is 0 Å². The smallest absolute Gasteiger partial charge is 0.121 e. The van der Waals surface area contributed by atoms with Gasteiger partial charge in [-0.3, -0.25) is 0 Å². The van der Waals surface area contributed by atoms with Gasteiger partial charge in [-0.1, -0.05) is 18.2 Å². The van der Waals surface area contributed by atoms with Gasteiger partial charge >= 0.3 is 0 Å². The molecule has 1 unspecified atom stereocenters. The first-order valence-corrected chi connectivity index (χ1v) is 4.94. The van der Waals surface area contributed by atoms with E-state index < -0.39 is 5.60 Å². The molecule has 0 bridgehead atoms. The fourth-order valence-corrected chi connectivity index (χ4v) is 1.99. The predicted octanol–water partition coefficient (Wildman–Crippen LogP) is 0.963. The van der Waals surface area contributed by atoms with Crippen LogP contribution in [0, 0.1) is 0 Å². The summed E-state index contributed by atoms with van der Waals surface area (Å²) in [5.41, 5.74) is -0.268. The Morgan fingerprint density at radius 2 is 2.07 bits per heavy atom. The predicted molar refractivity (Wildman–Crippen MR) is 54.1 cm³/mol. The van der Waals surface area contributed by atoms with Crippen LogP contribution in [0.15, 0.2) is 24.3 Å². The molecule has 14 heavy (non-hydrogen) atoms. The average Bonchev–Trinajstić information content (AvgIpc) is 2.19. The molecule has 1 aromatic carbocycles. The van der Waals surface area contributed by atoms with Crippen molar-refractivity contribution < 1.29 is 10.2 Å². The number of para-hydroxylation sites is 1. The maximum Gasteiger partial charge on any atom is 0.121 e. The van der Waals surface area contributed by atoms with Gasteiger partial charge in [-0.25, -0.2) is 0 Å². The quantitative estimate of drug-likeness (QED) is 0.622. The summed E-state index contributed by atoms with van der Waals surface area (Å²) in [7, 11) is 0. The lowest BCUT2D eigenvalue weighted by atomic mass is 9.86. The zero-order chi connectivity index (χ0) is 10.0. The van der Waals surface area contributed by atoms with Gasteiger partial charge in [0.1, 0.15) is 11.4 Å². The number of aliphatic hydroxyl groups is 1. The van der Waals surface area contributed by atoms with Crippen LogP contribution in [-0.2, 0) is 5.60 Å². The van der Waals surface area contributed by atoms with E-state index in [-0.39, 0.29) is 5.75 Å². The van der Waals surface area contributed by atoms with Gasteiger partial charge in [0.15, 0.2) is 0 Å². The maximum absolute atomic E-state index is 10.3. The third-order valence-corrected chi connectivity index (χ3v) is 2.77. The number of β-amino-alcohol motifs (C(OH)–C–C–N with tert-alkyl or cyclic N) is 1. The molecule has 2 rings (SSSR count). The molecule has 1 saturated heterocycles. The topological polar surface area (TPSA) is 52.5 Å². The fourth-order valence-electron chi connectivity index (χ4n) is 1.99. The van der Waals surface area contributed by atoms with Crippen molar-refractivity contribution >= 4 is 0 Å². The van der Waals surface area contributed by atoms with E-state index in [0.29, 0.717) is 18.5 Å². The van der Waals surface area contributed by atoms with Crippen molar-refractivity contribution in [1.29, 1.82) is 0 Å². The first-order valence-electron chi connectivity index (χ1n) is 4.94. The second-order valence-corrected chi connectivity index (χ2v) is 3.83. The molecule has 1 aliphatic heterocycles. The Bertz CT molecular complexity index is 319. The molecule has 1 aromatic rings. The summed E-state index contributed by atoms with van der Waals surface area (Å²) >= 11 is 0. The highest BCUT2D eigenvalue weighted by Gasteiger charge is 2.32.